The molecule has 1 amide bonds. The van der Waals surface area contributed by atoms with E-state index in [-0.39, 0.29) is 23.5 Å². The van der Waals surface area contributed by atoms with Crippen molar-refractivity contribution < 1.29 is 17.9 Å². The molecule has 6 nitrogen and oxygen atoms in total. The number of carbonyl (C=O) groups is 1. The van der Waals surface area contributed by atoms with E-state index >= 15 is 0 Å². The van der Waals surface area contributed by atoms with E-state index in [0.717, 1.165) is 32.1 Å². The average Bonchev–Trinajstić information content (AvgIpc) is 2.56. The molecule has 1 atom stereocenters. The minimum atomic E-state index is -3.16. The molecule has 0 saturated heterocycles. The summed E-state index contributed by atoms with van der Waals surface area (Å²) in [5, 5.41) is 2.46. The Labute approximate surface area is 143 Å². The highest BCUT2D eigenvalue weighted by molar-refractivity contribution is 7.91. The molecule has 0 aromatic heterocycles. The molecular formula is C17H26N2O4S. The van der Waals surface area contributed by atoms with Crippen LogP contribution in [-0.2, 0) is 25.1 Å². The second-order valence-corrected chi connectivity index (χ2v) is 8.60. The molecule has 1 aromatic carbocycles. The first-order chi connectivity index (χ1) is 11.4. The van der Waals surface area contributed by atoms with Crippen molar-refractivity contribution in [1.29, 1.82) is 0 Å². The van der Waals surface area contributed by atoms with E-state index in [9.17, 15) is 13.2 Å². The summed E-state index contributed by atoms with van der Waals surface area (Å²) >= 11 is 0. The number of methoxy groups -OCH3 is 1. The number of sulfone groups is 1. The SMILES string of the molecule is COCC(N)C(=O)Nc1cccc(CS(=O)(=O)C2CCCCC2)c1. The van der Waals surface area contributed by atoms with Crippen LogP contribution in [0.25, 0.3) is 0 Å². The van der Waals surface area contributed by atoms with Gasteiger partial charge in [-0.05, 0) is 30.5 Å². The Morgan fingerprint density at radius 3 is 2.71 bits per heavy atom. The number of benzene rings is 1. The van der Waals surface area contributed by atoms with Crippen LogP contribution in [-0.4, -0.2) is 39.3 Å². The number of nitrogens with two attached hydrogens (primary N) is 1. The molecule has 1 unspecified atom stereocenters. The Kier molecular flexibility index (Phi) is 6.77. The van der Waals surface area contributed by atoms with Gasteiger partial charge in [0.15, 0.2) is 9.84 Å². The maximum Gasteiger partial charge on any atom is 0.243 e. The second kappa shape index (κ2) is 8.60. The molecule has 7 heteroatoms. The summed E-state index contributed by atoms with van der Waals surface area (Å²) in [6, 6.07) is 6.16. The minimum absolute atomic E-state index is 0.00546. The Morgan fingerprint density at radius 1 is 1.33 bits per heavy atom. The van der Waals surface area contributed by atoms with Crippen LogP contribution >= 0.6 is 0 Å². The molecule has 0 radical (unpaired) electrons. The monoisotopic (exact) mass is 354 g/mol. The van der Waals surface area contributed by atoms with Crippen molar-refractivity contribution in [3.8, 4) is 0 Å². The van der Waals surface area contributed by atoms with Gasteiger partial charge in [-0.2, -0.15) is 0 Å². The highest BCUT2D eigenvalue weighted by Crippen LogP contribution is 2.26. The molecule has 0 aliphatic heterocycles. The molecule has 0 heterocycles. The van der Waals surface area contributed by atoms with Gasteiger partial charge in [0.05, 0.1) is 17.6 Å². The Morgan fingerprint density at radius 2 is 2.04 bits per heavy atom. The summed E-state index contributed by atoms with van der Waals surface area (Å²) in [4.78, 5) is 11.9. The van der Waals surface area contributed by atoms with E-state index in [0.29, 0.717) is 11.3 Å². The third kappa shape index (κ3) is 5.29. The second-order valence-electron chi connectivity index (χ2n) is 6.32. The predicted molar refractivity (Wildman–Crippen MR) is 94.4 cm³/mol. The van der Waals surface area contributed by atoms with Gasteiger partial charge in [0.25, 0.3) is 0 Å². The van der Waals surface area contributed by atoms with Crippen LogP contribution in [0.15, 0.2) is 24.3 Å². The minimum Gasteiger partial charge on any atom is -0.383 e. The Balaban J connectivity index is 2.03. The topological polar surface area (TPSA) is 98.5 Å². The third-order valence-electron chi connectivity index (χ3n) is 4.31. The lowest BCUT2D eigenvalue weighted by Gasteiger charge is -2.21. The van der Waals surface area contributed by atoms with Crippen LogP contribution in [0.2, 0.25) is 0 Å². The van der Waals surface area contributed by atoms with Crippen molar-refractivity contribution in [2.75, 3.05) is 19.0 Å². The van der Waals surface area contributed by atoms with Crippen molar-refractivity contribution in [2.24, 2.45) is 5.73 Å². The average molecular weight is 354 g/mol. The number of rotatable bonds is 7. The van der Waals surface area contributed by atoms with Gasteiger partial charge in [0, 0.05) is 12.8 Å². The lowest BCUT2D eigenvalue weighted by molar-refractivity contribution is -0.118. The fraction of sp³-hybridized carbons (Fsp3) is 0.588. The fourth-order valence-electron chi connectivity index (χ4n) is 3.00. The van der Waals surface area contributed by atoms with Gasteiger partial charge in [0.2, 0.25) is 5.91 Å². The number of hydrogen-bond donors (Lipinski definition) is 2. The first kappa shape index (κ1) is 18.9. The highest BCUT2D eigenvalue weighted by atomic mass is 32.2. The van der Waals surface area contributed by atoms with Gasteiger partial charge >= 0.3 is 0 Å². The van der Waals surface area contributed by atoms with Gasteiger partial charge in [-0.1, -0.05) is 31.4 Å². The van der Waals surface area contributed by atoms with Crippen molar-refractivity contribution in [3.63, 3.8) is 0 Å². The first-order valence-electron chi connectivity index (χ1n) is 8.28. The highest BCUT2D eigenvalue weighted by Gasteiger charge is 2.27. The van der Waals surface area contributed by atoms with Gasteiger partial charge in [-0.25, -0.2) is 8.42 Å². The van der Waals surface area contributed by atoms with Crippen LogP contribution in [0, 0.1) is 0 Å². The van der Waals surface area contributed by atoms with Crippen molar-refractivity contribution >= 4 is 21.4 Å². The number of carbonyl (C=O) groups excluding carboxylic acids is 1. The summed E-state index contributed by atoms with van der Waals surface area (Å²) in [7, 11) is -1.69. The van der Waals surface area contributed by atoms with Gasteiger partial charge in [0.1, 0.15) is 6.04 Å². The molecule has 1 fully saturated rings. The standard InChI is InChI=1S/C17H26N2O4S/c1-23-11-16(18)17(20)19-14-7-5-6-13(10-14)12-24(21,22)15-8-3-2-4-9-15/h5-7,10,15-16H,2-4,8-9,11-12,18H2,1H3,(H,19,20). The van der Waals surface area contributed by atoms with Crippen LogP contribution < -0.4 is 11.1 Å². The summed E-state index contributed by atoms with van der Waals surface area (Å²) in [5.74, 6) is -0.352. The zero-order chi connectivity index (χ0) is 17.6. The van der Waals surface area contributed by atoms with Crippen LogP contribution in [0.5, 0.6) is 0 Å². The first-order valence-corrected chi connectivity index (χ1v) is 10.00. The zero-order valence-electron chi connectivity index (χ0n) is 14.0. The Bertz CT molecular complexity index is 654. The number of anilines is 1. The summed E-state index contributed by atoms with van der Waals surface area (Å²) in [5.41, 5.74) is 6.90. The van der Waals surface area contributed by atoms with Crippen molar-refractivity contribution in [1.82, 2.24) is 0 Å². The zero-order valence-corrected chi connectivity index (χ0v) is 14.8. The molecule has 24 heavy (non-hydrogen) atoms. The normalized spacial score (nSPS) is 17.4. The maximum absolute atomic E-state index is 12.6. The number of amides is 1. The molecule has 1 saturated carbocycles. The Hall–Kier alpha value is -1.44. The van der Waals surface area contributed by atoms with E-state index in [2.05, 4.69) is 5.32 Å². The molecule has 1 aliphatic rings. The summed E-state index contributed by atoms with van der Waals surface area (Å²) < 4.78 is 30.0. The lowest BCUT2D eigenvalue weighted by atomic mass is 10.0. The van der Waals surface area contributed by atoms with E-state index < -0.39 is 15.9 Å². The van der Waals surface area contributed by atoms with Gasteiger partial charge in [-0.15, -0.1) is 0 Å². The lowest BCUT2D eigenvalue weighted by Crippen LogP contribution is -2.39. The quantitative estimate of drug-likeness (QED) is 0.778. The van der Waals surface area contributed by atoms with Gasteiger partial charge in [-0.3, -0.25) is 4.79 Å². The molecular weight excluding hydrogens is 328 g/mol. The molecule has 134 valence electrons. The van der Waals surface area contributed by atoms with Crippen LogP contribution in [0.1, 0.15) is 37.7 Å². The van der Waals surface area contributed by atoms with Crippen molar-refractivity contribution in [2.45, 2.75) is 49.1 Å². The molecule has 1 aromatic rings. The van der Waals surface area contributed by atoms with E-state index in [1.54, 1.807) is 24.3 Å². The summed E-state index contributed by atoms with van der Waals surface area (Å²) in [6.07, 6.45) is 4.60. The summed E-state index contributed by atoms with van der Waals surface area (Å²) in [6.45, 7) is 0.127. The van der Waals surface area contributed by atoms with Crippen LogP contribution in [0.4, 0.5) is 5.69 Å². The molecule has 0 bridgehead atoms. The number of hydrogen-bond acceptors (Lipinski definition) is 5. The molecule has 2 rings (SSSR count). The van der Waals surface area contributed by atoms with E-state index in [1.165, 1.54) is 7.11 Å². The smallest absolute Gasteiger partial charge is 0.243 e. The fourth-order valence-corrected chi connectivity index (χ4v) is 4.93. The third-order valence-corrected chi connectivity index (χ3v) is 6.53. The van der Waals surface area contributed by atoms with Gasteiger partial charge < -0.3 is 15.8 Å². The number of ether oxygens (including phenoxy) is 1. The maximum atomic E-state index is 12.6. The molecule has 3 N–H and O–H groups in total. The van der Waals surface area contributed by atoms with E-state index in [4.69, 9.17) is 10.5 Å². The number of nitrogens with one attached hydrogen (secondary N) is 1. The van der Waals surface area contributed by atoms with E-state index in [1.807, 2.05) is 0 Å². The van der Waals surface area contributed by atoms with Crippen molar-refractivity contribution in [3.05, 3.63) is 29.8 Å². The van der Waals surface area contributed by atoms with Crippen LogP contribution in [0.3, 0.4) is 0 Å². The predicted octanol–water partition coefficient (Wildman–Crippen LogP) is 1.85. The largest absolute Gasteiger partial charge is 0.383 e. The molecule has 0 spiro atoms. The molecule has 1 aliphatic carbocycles.